The molecule has 1 atom stereocenters. The van der Waals surface area contributed by atoms with Crippen LogP contribution in [0, 0.1) is 0 Å². The summed E-state index contributed by atoms with van der Waals surface area (Å²) in [5.41, 5.74) is 1.60. The Morgan fingerprint density at radius 1 is 1.24 bits per heavy atom. The van der Waals surface area contributed by atoms with Crippen molar-refractivity contribution in [1.29, 1.82) is 0 Å². The SMILES string of the molecule is O=C(O)CC(NC(=O)c1ccc(CBr)cc1)c1cccs1. The van der Waals surface area contributed by atoms with Crippen molar-refractivity contribution in [2.24, 2.45) is 0 Å². The third-order valence-electron chi connectivity index (χ3n) is 2.94. The molecule has 0 bridgehead atoms. The van der Waals surface area contributed by atoms with Crippen LogP contribution in [-0.4, -0.2) is 17.0 Å². The summed E-state index contributed by atoms with van der Waals surface area (Å²) in [6.07, 6.45) is -0.133. The molecule has 0 fully saturated rings. The van der Waals surface area contributed by atoms with Gasteiger partial charge in [-0.1, -0.05) is 34.1 Å². The monoisotopic (exact) mass is 367 g/mol. The van der Waals surface area contributed by atoms with Gasteiger partial charge in [0.2, 0.25) is 0 Å². The minimum Gasteiger partial charge on any atom is -0.481 e. The van der Waals surface area contributed by atoms with E-state index in [4.69, 9.17) is 5.11 Å². The van der Waals surface area contributed by atoms with E-state index in [1.54, 1.807) is 12.1 Å². The maximum absolute atomic E-state index is 12.2. The molecule has 1 aromatic heterocycles. The molecule has 0 aliphatic rings. The zero-order chi connectivity index (χ0) is 15.2. The Morgan fingerprint density at radius 2 is 1.95 bits per heavy atom. The second-order valence-corrected chi connectivity index (χ2v) is 6.01. The first-order chi connectivity index (χ1) is 10.1. The second kappa shape index (κ2) is 7.38. The van der Waals surface area contributed by atoms with Gasteiger partial charge in [0.25, 0.3) is 5.91 Å². The van der Waals surface area contributed by atoms with E-state index >= 15 is 0 Å². The lowest BCUT2D eigenvalue weighted by Gasteiger charge is -2.15. The molecule has 1 unspecified atom stereocenters. The minimum atomic E-state index is -0.941. The van der Waals surface area contributed by atoms with Crippen LogP contribution in [0.25, 0.3) is 0 Å². The Morgan fingerprint density at radius 3 is 2.48 bits per heavy atom. The van der Waals surface area contributed by atoms with E-state index in [1.165, 1.54) is 11.3 Å². The fourth-order valence-electron chi connectivity index (χ4n) is 1.87. The van der Waals surface area contributed by atoms with Gasteiger partial charge >= 0.3 is 5.97 Å². The maximum Gasteiger partial charge on any atom is 0.305 e. The van der Waals surface area contributed by atoms with Crippen LogP contribution in [0.2, 0.25) is 0 Å². The van der Waals surface area contributed by atoms with Crippen LogP contribution in [-0.2, 0) is 10.1 Å². The van der Waals surface area contributed by atoms with Crippen LogP contribution < -0.4 is 5.32 Å². The standard InChI is InChI=1S/C15H14BrNO3S/c16-9-10-3-5-11(6-4-10)15(20)17-12(8-14(18)19)13-2-1-7-21-13/h1-7,12H,8-9H2,(H,17,20)(H,18,19). The first-order valence-electron chi connectivity index (χ1n) is 6.31. The van der Waals surface area contributed by atoms with Crippen molar-refractivity contribution in [3.63, 3.8) is 0 Å². The highest BCUT2D eigenvalue weighted by Crippen LogP contribution is 2.22. The van der Waals surface area contributed by atoms with Gasteiger partial charge in [0.05, 0.1) is 12.5 Å². The summed E-state index contributed by atoms with van der Waals surface area (Å²) in [7, 11) is 0. The van der Waals surface area contributed by atoms with Crippen LogP contribution >= 0.6 is 27.3 Å². The lowest BCUT2D eigenvalue weighted by Crippen LogP contribution is -2.29. The van der Waals surface area contributed by atoms with Crippen LogP contribution in [0.3, 0.4) is 0 Å². The molecule has 2 N–H and O–H groups in total. The highest BCUT2D eigenvalue weighted by atomic mass is 79.9. The fraction of sp³-hybridized carbons (Fsp3) is 0.200. The Bertz CT molecular complexity index is 610. The summed E-state index contributed by atoms with van der Waals surface area (Å²) in [4.78, 5) is 24.0. The first kappa shape index (κ1) is 15.7. The zero-order valence-corrected chi connectivity index (χ0v) is 13.5. The Hall–Kier alpha value is -1.66. The molecule has 0 spiro atoms. The molecule has 6 heteroatoms. The van der Waals surface area contributed by atoms with Gasteiger partial charge in [0.1, 0.15) is 0 Å². The zero-order valence-electron chi connectivity index (χ0n) is 11.1. The molecule has 4 nitrogen and oxygen atoms in total. The summed E-state index contributed by atoms with van der Waals surface area (Å²) in [5, 5.41) is 14.4. The quantitative estimate of drug-likeness (QED) is 0.766. The predicted molar refractivity (Wildman–Crippen MR) is 85.9 cm³/mol. The van der Waals surface area contributed by atoms with Gasteiger partial charge in [-0.05, 0) is 29.1 Å². The van der Waals surface area contributed by atoms with Crippen molar-refractivity contribution in [1.82, 2.24) is 5.32 Å². The Labute approximate surface area is 134 Å². The van der Waals surface area contributed by atoms with Crippen molar-refractivity contribution in [3.8, 4) is 0 Å². The summed E-state index contributed by atoms with van der Waals surface area (Å²) >= 11 is 4.78. The summed E-state index contributed by atoms with van der Waals surface area (Å²) in [6.45, 7) is 0. The van der Waals surface area contributed by atoms with Crippen LogP contribution in [0.15, 0.2) is 41.8 Å². The number of benzene rings is 1. The van der Waals surface area contributed by atoms with E-state index in [0.717, 1.165) is 15.8 Å². The van der Waals surface area contributed by atoms with Gasteiger partial charge in [-0.25, -0.2) is 0 Å². The molecule has 0 aliphatic carbocycles. The third-order valence-corrected chi connectivity index (χ3v) is 4.57. The van der Waals surface area contributed by atoms with Crippen molar-refractivity contribution in [2.45, 2.75) is 17.8 Å². The molecular formula is C15H14BrNO3S. The number of carboxylic acid groups (broad SMARTS) is 1. The number of thiophene rings is 1. The van der Waals surface area contributed by atoms with E-state index < -0.39 is 12.0 Å². The topological polar surface area (TPSA) is 66.4 Å². The molecule has 0 saturated carbocycles. The van der Waals surface area contributed by atoms with Gasteiger partial charge in [0.15, 0.2) is 0 Å². The molecule has 1 aromatic carbocycles. The summed E-state index contributed by atoms with van der Waals surface area (Å²) in [6, 6.07) is 10.3. The number of amides is 1. The number of carboxylic acids is 1. The van der Waals surface area contributed by atoms with Gasteiger partial charge in [0, 0.05) is 15.8 Å². The summed E-state index contributed by atoms with van der Waals surface area (Å²) < 4.78 is 0. The van der Waals surface area contributed by atoms with Crippen LogP contribution in [0.1, 0.15) is 33.3 Å². The largest absolute Gasteiger partial charge is 0.481 e. The number of aliphatic carboxylic acids is 1. The van der Waals surface area contributed by atoms with E-state index in [1.807, 2.05) is 29.6 Å². The number of carbonyl (C=O) groups is 2. The highest BCUT2D eigenvalue weighted by molar-refractivity contribution is 9.08. The number of rotatable bonds is 6. The van der Waals surface area contributed by atoms with Gasteiger partial charge in [-0.3, -0.25) is 9.59 Å². The molecule has 2 aromatic rings. The number of nitrogens with one attached hydrogen (secondary N) is 1. The molecular weight excluding hydrogens is 354 g/mol. The minimum absolute atomic E-state index is 0.133. The van der Waals surface area contributed by atoms with Crippen LogP contribution in [0.4, 0.5) is 0 Å². The number of alkyl halides is 1. The van der Waals surface area contributed by atoms with Gasteiger partial charge in [-0.2, -0.15) is 0 Å². The first-order valence-corrected chi connectivity index (χ1v) is 8.31. The average Bonchev–Trinajstić information content (AvgIpc) is 3.00. The van der Waals surface area contributed by atoms with Gasteiger partial charge < -0.3 is 10.4 Å². The van der Waals surface area contributed by atoms with E-state index in [0.29, 0.717) is 5.56 Å². The normalized spacial score (nSPS) is 11.9. The second-order valence-electron chi connectivity index (χ2n) is 4.47. The number of hydrogen-bond acceptors (Lipinski definition) is 3. The summed E-state index contributed by atoms with van der Waals surface area (Å²) in [5.74, 6) is -1.21. The molecule has 1 amide bonds. The Balaban J connectivity index is 2.11. The number of hydrogen-bond donors (Lipinski definition) is 2. The molecule has 1 heterocycles. The van der Waals surface area contributed by atoms with E-state index in [9.17, 15) is 9.59 Å². The lowest BCUT2D eigenvalue weighted by atomic mass is 10.1. The van der Waals surface area contributed by atoms with Crippen molar-refractivity contribution >= 4 is 39.1 Å². The van der Waals surface area contributed by atoms with Crippen molar-refractivity contribution in [2.75, 3.05) is 0 Å². The number of halogens is 1. The molecule has 0 saturated heterocycles. The van der Waals surface area contributed by atoms with E-state index in [2.05, 4.69) is 21.2 Å². The lowest BCUT2D eigenvalue weighted by molar-refractivity contribution is -0.137. The van der Waals surface area contributed by atoms with E-state index in [-0.39, 0.29) is 12.3 Å². The molecule has 110 valence electrons. The highest BCUT2D eigenvalue weighted by Gasteiger charge is 2.19. The fourth-order valence-corrected chi connectivity index (χ4v) is 3.03. The van der Waals surface area contributed by atoms with Crippen LogP contribution in [0.5, 0.6) is 0 Å². The average molecular weight is 368 g/mol. The predicted octanol–water partition coefficient (Wildman–Crippen LogP) is 3.59. The molecule has 21 heavy (non-hydrogen) atoms. The van der Waals surface area contributed by atoms with Crippen molar-refractivity contribution in [3.05, 3.63) is 57.8 Å². The smallest absolute Gasteiger partial charge is 0.305 e. The third kappa shape index (κ3) is 4.41. The van der Waals surface area contributed by atoms with Crippen molar-refractivity contribution < 1.29 is 14.7 Å². The number of carbonyl (C=O) groups excluding carboxylic acids is 1. The molecule has 0 aliphatic heterocycles. The Kier molecular flexibility index (Phi) is 5.52. The molecule has 2 rings (SSSR count). The van der Waals surface area contributed by atoms with Gasteiger partial charge in [-0.15, -0.1) is 11.3 Å². The maximum atomic E-state index is 12.2. The molecule has 0 radical (unpaired) electrons.